The molecule has 186 valence electrons. The number of halogens is 4. The van der Waals surface area contributed by atoms with Gasteiger partial charge in [-0.3, -0.25) is 9.59 Å². The van der Waals surface area contributed by atoms with E-state index in [0.29, 0.717) is 17.4 Å². The predicted molar refractivity (Wildman–Crippen MR) is 123 cm³/mol. The number of hydrogen-bond donors (Lipinski definition) is 2. The van der Waals surface area contributed by atoms with Crippen LogP contribution in [-0.4, -0.2) is 61.9 Å². The summed E-state index contributed by atoms with van der Waals surface area (Å²) < 4.78 is 64.2. The molecule has 0 fully saturated rings. The van der Waals surface area contributed by atoms with Gasteiger partial charge in [0.2, 0.25) is 5.60 Å². The summed E-state index contributed by atoms with van der Waals surface area (Å²) in [5.41, 5.74) is -3.63. The Morgan fingerprint density at radius 3 is 2.15 bits per heavy atom. The van der Waals surface area contributed by atoms with Crippen LogP contribution in [0.4, 0.5) is 18.9 Å². The topological polar surface area (TPSA) is 104 Å². The van der Waals surface area contributed by atoms with Crippen molar-refractivity contribution in [2.75, 3.05) is 25.2 Å². The predicted octanol–water partition coefficient (Wildman–Crippen LogP) is 4.24. The van der Waals surface area contributed by atoms with Crippen molar-refractivity contribution in [3.05, 3.63) is 47.0 Å². The molecule has 13 heteroatoms. The number of hydrogen-bond acceptors (Lipinski definition) is 6. The van der Waals surface area contributed by atoms with Gasteiger partial charge in [0.05, 0.1) is 26.3 Å². The molecule has 0 spiro atoms. The Morgan fingerprint density at radius 1 is 1.12 bits per heavy atom. The van der Waals surface area contributed by atoms with Gasteiger partial charge in [-0.2, -0.15) is 13.2 Å². The van der Waals surface area contributed by atoms with Crippen LogP contribution in [0.3, 0.4) is 0 Å². The molecule has 0 aromatic heterocycles. The fraction of sp³-hybridized carbons (Fsp3) is 0.333. The Kier molecular flexibility index (Phi) is 8.34. The maximum Gasteiger partial charge on any atom is 0.426 e. The third-order valence-electron chi connectivity index (χ3n) is 4.75. The zero-order chi connectivity index (χ0) is 26.1. The first kappa shape index (κ1) is 28.0. The van der Waals surface area contributed by atoms with Crippen molar-refractivity contribution in [3.63, 3.8) is 0 Å². The van der Waals surface area contributed by atoms with Crippen LogP contribution in [0, 0.1) is 0 Å². The Labute approximate surface area is 204 Å². The third kappa shape index (κ3) is 5.85. The monoisotopic (exact) mass is 538 g/mol. The zero-order valence-corrected chi connectivity index (χ0v) is 20.9. The van der Waals surface area contributed by atoms with E-state index in [1.165, 1.54) is 24.0 Å². The first-order chi connectivity index (χ1) is 15.5. The quantitative estimate of drug-likeness (QED) is 0.546. The minimum absolute atomic E-state index is 0.0281. The molecule has 0 aliphatic carbocycles. The van der Waals surface area contributed by atoms with Gasteiger partial charge in [-0.05, 0) is 43.3 Å². The number of nitrogens with one attached hydrogen (secondary N) is 1. The maximum atomic E-state index is 13.0. The van der Waals surface area contributed by atoms with Gasteiger partial charge in [-0.25, -0.2) is 8.42 Å². The van der Waals surface area contributed by atoms with Crippen molar-refractivity contribution in [1.82, 2.24) is 4.90 Å². The standard InChI is InChI=1S/C21H22ClF3N2O5S2/c1-5-34(31,32)15-11-10-14(26-19(29)20(2,30)21(23,24)25)16(22)17(15)33-13-8-6-12(7-9-13)18(28)27(3)4/h6-11,30H,5H2,1-4H3,(H,26,29). The molecule has 2 amide bonds. The summed E-state index contributed by atoms with van der Waals surface area (Å²) in [5, 5.41) is 11.2. The second kappa shape index (κ2) is 10.1. The van der Waals surface area contributed by atoms with E-state index in [0.717, 1.165) is 23.9 Å². The first-order valence-corrected chi connectivity index (χ1v) is 12.5. The second-order valence-electron chi connectivity index (χ2n) is 7.51. The molecule has 1 unspecified atom stereocenters. The molecule has 0 saturated heterocycles. The third-order valence-corrected chi connectivity index (χ3v) is 8.29. The number of alkyl halides is 3. The average Bonchev–Trinajstić information content (AvgIpc) is 2.75. The number of rotatable bonds is 7. The van der Waals surface area contributed by atoms with Crippen LogP contribution in [-0.2, 0) is 14.6 Å². The molecule has 0 radical (unpaired) electrons. The van der Waals surface area contributed by atoms with Gasteiger partial charge in [0, 0.05) is 24.6 Å². The Bertz CT molecular complexity index is 1200. The molecule has 0 aliphatic rings. The van der Waals surface area contributed by atoms with Gasteiger partial charge < -0.3 is 15.3 Å². The zero-order valence-electron chi connectivity index (χ0n) is 18.5. The van der Waals surface area contributed by atoms with Crippen LogP contribution in [0.5, 0.6) is 0 Å². The van der Waals surface area contributed by atoms with Crippen LogP contribution >= 0.6 is 23.4 Å². The van der Waals surface area contributed by atoms with Crippen molar-refractivity contribution in [2.24, 2.45) is 0 Å². The highest BCUT2D eigenvalue weighted by atomic mass is 35.5. The number of aliphatic hydroxyl groups is 1. The molecule has 2 N–H and O–H groups in total. The van der Waals surface area contributed by atoms with E-state index in [1.807, 2.05) is 5.32 Å². The fourth-order valence-corrected chi connectivity index (χ4v) is 5.28. The number of nitrogens with zero attached hydrogens (tertiary/aromatic N) is 1. The van der Waals surface area contributed by atoms with Crippen molar-refractivity contribution >= 4 is 50.7 Å². The van der Waals surface area contributed by atoms with Crippen molar-refractivity contribution in [1.29, 1.82) is 0 Å². The van der Waals surface area contributed by atoms with Crippen LogP contribution in [0.25, 0.3) is 0 Å². The summed E-state index contributed by atoms with van der Waals surface area (Å²) >= 11 is 7.23. The van der Waals surface area contributed by atoms with E-state index < -0.39 is 27.5 Å². The van der Waals surface area contributed by atoms with Gasteiger partial charge in [0.25, 0.3) is 11.8 Å². The highest BCUT2D eigenvalue weighted by molar-refractivity contribution is 8.00. The molecule has 7 nitrogen and oxygen atoms in total. The van der Waals surface area contributed by atoms with Gasteiger partial charge >= 0.3 is 6.18 Å². The normalized spacial score (nSPS) is 13.8. The molecule has 0 saturated carbocycles. The molecule has 0 aliphatic heterocycles. The first-order valence-electron chi connectivity index (χ1n) is 9.68. The van der Waals surface area contributed by atoms with Crippen LogP contribution in [0.1, 0.15) is 24.2 Å². The smallest absolute Gasteiger partial charge is 0.373 e. The molecular formula is C21H22ClF3N2O5S2. The van der Waals surface area contributed by atoms with Gasteiger partial charge in [0.15, 0.2) is 9.84 Å². The molecule has 0 heterocycles. The number of carbonyl (C=O) groups is 2. The lowest BCUT2D eigenvalue weighted by Crippen LogP contribution is -2.52. The molecule has 0 bridgehead atoms. The SMILES string of the molecule is CCS(=O)(=O)c1ccc(NC(=O)C(C)(O)C(F)(F)F)c(Cl)c1Sc1ccc(C(=O)N(C)C)cc1. The van der Waals surface area contributed by atoms with E-state index >= 15 is 0 Å². The van der Waals surface area contributed by atoms with Crippen molar-refractivity contribution < 1.29 is 36.3 Å². The summed E-state index contributed by atoms with van der Waals surface area (Å²) in [7, 11) is -0.637. The summed E-state index contributed by atoms with van der Waals surface area (Å²) in [5.74, 6) is -2.30. The second-order valence-corrected chi connectivity index (χ2v) is 11.2. The molecule has 2 aromatic carbocycles. The van der Waals surface area contributed by atoms with Gasteiger partial charge in [0.1, 0.15) is 0 Å². The number of carbonyl (C=O) groups excluding carboxylic acids is 2. The Hall–Kier alpha value is -2.28. The maximum absolute atomic E-state index is 13.0. The van der Waals surface area contributed by atoms with E-state index in [2.05, 4.69) is 0 Å². The number of anilines is 1. The highest BCUT2D eigenvalue weighted by Gasteiger charge is 2.55. The number of sulfone groups is 1. The lowest BCUT2D eigenvalue weighted by atomic mass is 10.1. The summed E-state index contributed by atoms with van der Waals surface area (Å²) in [4.78, 5) is 25.8. The molecule has 2 rings (SSSR count). The minimum atomic E-state index is -5.25. The van der Waals surface area contributed by atoms with Crippen molar-refractivity contribution in [2.45, 2.75) is 40.3 Å². The van der Waals surface area contributed by atoms with Gasteiger partial charge in [-0.15, -0.1) is 0 Å². The Morgan fingerprint density at radius 2 is 1.68 bits per heavy atom. The fourth-order valence-electron chi connectivity index (χ4n) is 2.54. The number of amides is 2. The highest BCUT2D eigenvalue weighted by Crippen LogP contribution is 2.43. The summed E-state index contributed by atoms with van der Waals surface area (Å²) in [6, 6.07) is 8.34. The molecule has 34 heavy (non-hydrogen) atoms. The van der Waals surface area contributed by atoms with E-state index in [1.54, 1.807) is 26.2 Å². The van der Waals surface area contributed by atoms with E-state index in [9.17, 15) is 36.3 Å². The Balaban J connectivity index is 2.52. The molecular weight excluding hydrogens is 517 g/mol. The van der Waals surface area contributed by atoms with Crippen LogP contribution in [0.15, 0.2) is 51.1 Å². The minimum Gasteiger partial charge on any atom is -0.373 e. The van der Waals surface area contributed by atoms with E-state index in [4.69, 9.17) is 11.6 Å². The molecule has 1 atom stereocenters. The van der Waals surface area contributed by atoms with E-state index in [-0.39, 0.29) is 32.2 Å². The van der Waals surface area contributed by atoms with Crippen LogP contribution in [0.2, 0.25) is 5.02 Å². The lowest BCUT2D eigenvalue weighted by Gasteiger charge is -2.25. The summed E-state index contributed by atoms with van der Waals surface area (Å²) in [6.07, 6.45) is -5.25. The van der Waals surface area contributed by atoms with Crippen LogP contribution < -0.4 is 5.32 Å². The number of benzene rings is 2. The van der Waals surface area contributed by atoms with Gasteiger partial charge in [-0.1, -0.05) is 30.3 Å². The lowest BCUT2D eigenvalue weighted by molar-refractivity contribution is -0.242. The molecule has 2 aromatic rings. The average molecular weight is 539 g/mol. The largest absolute Gasteiger partial charge is 0.426 e. The summed E-state index contributed by atoms with van der Waals surface area (Å²) in [6.45, 7) is 1.70. The van der Waals surface area contributed by atoms with Crippen molar-refractivity contribution in [3.8, 4) is 0 Å².